The molecule has 0 bridgehead atoms. The van der Waals surface area contributed by atoms with E-state index in [9.17, 15) is 8.42 Å². The van der Waals surface area contributed by atoms with Crippen LogP contribution in [0, 0.1) is 23.7 Å². The first-order valence-electron chi connectivity index (χ1n) is 6.95. The number of rotatable bonds is 2. The van der Waals surface area contributed by atoms with Crippen molar-refractivity contribution in [2.45, 2.75) is 38.1 Å². The predicted octanol–water partition coefficient (Wildman–Crippen LogP) is 1.61. The van der Waals surface area contributed by atoms with Gasteiger partial charge in [-0.2, -0.15) is 9.57 Å². The molecule has 1 atom stereocenters. The molecule has 0 spiro atoms. The molecular formula is C15H21N3O2S. The quantitative estimate of drug-likeness (QED) is 0.899. The Morgan fingerprint density at radius 1 is 1.43 bits per heavy atom. The molecule has 1 aromatic carbocycles. The molecule has 1 saturated heterocycles. The van der Waals surface area contributed by atoms with E-state index in [1.54, 1.807) is 19.1 Å². The number of nitrogens with zero attached hydrogens (tertiary/aromatic N) is 2. The molecule has 1 aliphatic heterocycles. The van der Waals surface area contributed by atoms with E-state index >= 15 is 0 Å². The number of aryl methyl sites for hydroxylation is 1. The second kappa shape index (κ2) is 5.41. The average Bonchev–Trinajstić information content (AvgIpc) is 2.41. The molecule has 2 rings (SSSR count). The molecule has 1 aliphatic rings. The molecule has 114 valence electrons. The highest BCUT2D eigenvalue weighted by Crippen LogP contribution is 2.31. The summed E-state index contributed by atoms with van der Waals surface area (Å²) in [5, 5.41) is 8.93. The van der Waals surface area contributed by atoms with Gasteiger partial charge in [-0.15, -0.1) is 0 Å². The second-order valence-corrected chi connectivity index (χ2v) is 8.25. The van der Waals surface area contributed by atoms with E-state index in [0.29, 0.717) is 30.6 Å². The maximum absolute atomic E-state index is 12.7. The van der Waals surface area contributed by atoms with Crippen LogP contribution >= 0.6 is 0 Å². The van der Waals surface area contributed by atoms with Gasteiger partial charge in [0.05, 0.1) is 16.5 Å². The third-order valence-electron chi connectivity index (χ3n) is 4.23. The fourth-order valence-corrected chi connectivity index (χ4v) is 4.31. The van der Waals surface area contributed by atoms with Crippen molar-refractivity contribution >= 4 is 10.0 Å². The molecule has 1 heterocycles. The summed E-state index contributed by atoms with van der Waals surface area (Å²) in [5.41, 5.74) is 6.99. The van der Waals surface area contributed by atoms with Crippen LogP contribution in [0.4, 0.5) is 0 Å². The highest BCUT2D eigenvalue weighted by atomic mass is 32.2. The van der Waals surface area contributed by atoms with Crippen molar-refractivity contribution in [3.63, 3.8) is 0 Å². The minimum absolute atomic E-state index is 0.00616. The Balaban J connectivity index is 2.35. The minimum Gasteiger partial charge on any atom is -0.327 e. The monoisotopic (exact) mass is 307 g/mol. The van der Waals surface area contributed by atoms with Crippen molar-refractivity contribution in [1.29, 1.82) is 5.26 Å². The third kappa shape index (κ3) is 2.95. The number of nitriles is 1. The third-order valence-corrected chi connectivity index (χ3v) is 6.07. The normalized spacial score (nSPS) is 22.7. The Labute approximate surface area is 126 Å². The van der Waals surface area contributed by atoms with Crippen LogP contribution in [-0.2, 0) is 10.0 Å². The lowest BCUT2D eigenvalue weighted by Crippen LogP contribution is -2.53. The molecule has 0 amide bonds. The molecule has 21 heavy (non-hydrogen) atoms. The van der Waals surface area contributed by atoms with Crippen molar-refractivity contribution in [2.24, 2.45) is 11.1 Å². The zero-order valence-electron chi connectivity index (χ0n) is 12.6. The van der Waals surface area contributed by atoms with E-state index in [-0.39, 0.29) is 16.4 Å². The topological polar surface area (TPSA) is 87.2 Å². The predicted molar refractivity (Wildman–Crippen MR) is 81.0 cm³/mol. The van der Waals surface area contributed by atoms with E-state index < -0.39 is 10.0 Å². The summed E-state index contributed by atoms with van der Waals surface area (Å²) in [5.74, 6) is 0. The van der Waals surface area contributed by atoms with Gasteiger partial charge in [-0.1, -0.05) is 13.8 Å². The van der Waals surface area contributed by atoms with Gasteiger partial charge in [0.25, 0.3) is 0 Å². The van der Waals surface area contributed by atoms with Crippen LogP contribution in [0.15, 0.2) is 23.1 Å². The smallest absolute Gasteiger partial charge is 0.243 e. The first-order chi connectivity index (χ1) is 9.68. The Bertz CT molecular complexity index is 689. The lowest BCUT2D eigenvalue weighted by atomic mass is 9.81. The van der Waals surface area contributed by atoms with Crippen molar-refractivity contribution < 1.29 is 8.42 Å². The van der Waals surface area contributed by atoms with Crippen molar-refractivity contribution in [2.75, 3.05) is 13.1 Å². The lowest BCUT2D eigenvalue weighted by molar-refractivity contribution is 0.155. The van der Waals surface area contributed by atoms with Gasteiger partial charge in [-0.05, 0) is 42.5 Å². The van der Waals surface area contributed by atoms with E-state index in [1.165, 1.54) is 10.4 Å². The number of nitrogens with two attached hydrogens (primary N) is 1. The number of sulfonamides is 1. The SMILES string of the molecule is Cc1cc(S(=O)(=O)N2CCC(N)C(C)(C)C2)ccc1C#N. The maximum Gasteiger partial charge on any atom is 0.243 e. The summed E-state index contributed by atoms with van der Waals surface area (Å²) < 4.78 is 27.0. The van der Waals surface area contributed by atoms with Gasteiger partial charge in [0.15, 0.2) is 0 Å². The Hall–Kier alpha value is -1.42. The Kier molecular flexibility index (Phi) is 4.11. The highest BCUT2D eigenvalue weighted by molar-refractivity contribution is 7.89. The van der Waals surface area contributed by atoms with Crippen LogP contribution < -0.4 is 5.73 Å². The Morgan fingerprint density at radius 2 is 2.10 bits per heavy atom. The standard InChI is InChI=1S/C15H21N3O2S/c1-11-8-13(5-4-12(11)9-16)21(19,20)18-7-6-14(17)15(2,3)10-18/h4-5,8,14H,6-7,10,17H2,1-3H3. The molecule has 1 unspecified atom stereocenters. The zero-order valence-corrected chi connectivity index (χ0v) is 13.4. The summed E-state index contributed by atoms with van der Waals surface area (Å²) in [6, 6.07) is 6.68. The van der Waals surface area contributed by atoms with Crippen molar-refractivity contribution in [3.05, 3.63) is 29.3 Å². The van der Waals surface area contributed by atoms with Crippen LogP contribution in [0.25, 0.3) is 0 Å². The molecule has 1 aromatic rings. The fraction of sp³-hybridized carbons (Fsp3) is 0.533. The maximum atomic E-state index is 12.7. The molecule has 0 aliphatic carbocycles. The average molecular weight is 307 g/mol. The largest absolute Gasteiger partial charge is 0.327 e. The van der Waals surface area contributed by atoms with Gasteiger partial charge >= 0.3 is 0 Å². The van der Waals surface area contributed by atoms with E-state index in [1.807, 2.05) is 19.9 Å². The van der Waals surface area contributed by atoms with Crippen LogP contribution in [0.2, 0.25) is 0 Å². The van der Waals surface area contributed by atoms with Crippen molar-refractivity contribution in [3.8, 4) is 6.07 Å². The van der Waals surface area contributed by atoms with Gasteiger partial charge < -0.3 is 5.73 Å². The number of piperidine rings is 1. The van der Waals surface area contributed by atoms with Gasteiger partial charge in [0.2, 0.25) is 10.0 Å². The van der Waals surface area contributed by atoms with Gasteiger partial charge in [0, 0.05) is 19.1 Å². The van der Waals surface area contributed by atoms with E-state index in [4.69, 9.17) is 11.0 Å². The summed E-state index contributed by atoms with van der Waals surface area (Å²) in [4.78, 5) is 0.241. The number of benzene rings is 1. The van der Waals surface area contributed by atoms with Gasteiger partial charge in [-0.25, -0.2) is 8.42 Å². The van der Waals surface area contributed by atoms with E-state index in [0.717, 1.165) is 0 Å². The van der Waals surface area contributed by atoms with Crippen LogP contribution in [0.1, 0.15) is 31.4 Å². The molecule has 0 aromatic heterocycles. The molecule has 1 fully saturated rings. The summed E-state index contributed by atoms with van der Waals surface area (Å²) in [7, 11) is -3.54. The fourth-order valence-electron chi connectivity index (χ4n) is 2.60. The first kappa shape index (κ1) is 16.0. The summed E-state index contributed by atoms with van der Waals surface area (Å²) in [6.07, 6.45) is 0.654. The molecule has 6 heteroatoms. The van der Waals surface area contributed by atoms with Gasteiger partial charge in [-0.3, -0.25) is 0 Å². The first-order valence-corrected chi connectivity index (χ1v) is 8.39. The minimum atomic E-state index is -3.54. The highest BCUT2D eigenvalue weighted by Gasteiger charge is 2.38. The second-order valence-electron chi connectivity index (χ2n) is 6.31. The van der Waals surface area contributed by atoms with Crippen LogP contribution in [0.5, 0.6) is 0 Å². The number of hydrogen-bond donors (Lipinski definition) is 1. The molecular weight excluding hydrogens is 286 g/mol. The molecule has 0 radical (unpaired) electrons. The van der Waals surface area contributed by atoms with Crippen molar-refractivity contribution in [1.82, 2.24) is 4.31 Å². The molecule has 2 N–H and O–H groups in total. The molecule has 5 nitrogen and oxygen atoms in total. The van der Waals surface area contributed by atoms with Gasteiger partial charge in [0.1, 0.15) is 0 Å². The number of hydrogen-bond acceptors (Lipinski definition) is 4. The Morgan fingerprint density at radius 3 is 2.62 bits per heavy atom. The molecule has 0 saturated carbocycles. The zero-order chi connectivity index (χ0) is 15.8. The van der Waals surface area contributed by atoms with E-state index in [2.05, 4.69) is 0 Å². The van der Waals surface area contributed by atoms with Crippen LogP contribution in [0.3, 0.4) is 0 Å². The summed E-state index contributed by atoms with van der Waals surface area (Å²) >= 11 is 0. The summed E-state index contributed by atoms with van der Waals surface area (Å²) in [6.45, 7) is 6.57. The van der Waals surface area contributed by atoms with Crippen LogP contribution in [-0.4, -0.2) is 31.9 Å². The lowest BCUT2D eigenvalue weighted by Gasteiger charge is -2.41.